The van der Waals surface area contributed by atoms with E-state index in [9.17, 15) is 26.4 Å². The normalized spacial score (nSPS) is 18.3. The molecule has 162 valence electrons. The molecule has 1 aromatic heterocycles. The first-order valence-corrected chi connectivity index (χ1v) is 12.1. The average Bonchev–Trinajstić information content (AvgIpc) is 3.04. The number of sulfone groups is 1. The van der Waals surface area contributed by atoms with Crippen LogP contribution in [-0.4, -0.2) is 47.5 Å². The van der Waals surface area contributed by atoms with Crippen molar-refractivity contribution in [3.05, 3.63) is 58.7 Å². The van der Waals surface area contributed by atoms with Gasteiger partial charge in [-0.2, -0.15) is 13.2 Å². The van der Waals surface area contributed by atoms with E-state index in [1.54, 1.807) is 0 Å². The summed E-state index contributed by atoms with van der Waals surface area (Å²) in [4.78, 5) is 18.2. The number of amides is 1. The summed E-state index contributed by atoms with van der Waals surface area (Å²) in [5.74, 6) is -0.532. The van der Waals surface area contributed by atoms with Gasteiger partial charge >= 0.3 is 6.18 Å². The lowest BCUT2D eigenvalue weighted by atomic mass is 10.1. The average molecular weight is 479 g/mol. The van der Waals surface area contributed by atoms with Crippen molar-refractivity contribution in [1.29, 1.82) is 0 Å². The zero-order chi connectivity index (χ0) is 21.9. The third-order valence-electron chi connectivity index (χ3n) is 4.63. The first-order valence-electron chi connectivity index (χ1n) is 8.94. The molecule has 1 atom stereocenters. The van der Waals surface area contributed by atoms with Gasteiger partial charge in [0.15, 0.2) is 9.84 Å². The molecule has 0 saturated carbocycles. The molecule has 1 aromatic carbocycles. The van der Waals surface area contributed by atoms with Crippen LogP contribution < -0.4 is 0 Å². The Labute approximate surface area is 181 Å². The van der Waals surface area contributed by atoms with Crippen molar-refractivity contribution in [2.75, 3.05) is 17.3 Å². The van der Waals surface area contributed by atoms with Crippen molar-refractivity contribution in [3.8, 4) is 0 Å². The number of carbonyl (C=O) groups excluding carboxylic acids is 1. The molecule has 0 unspecified atom stereocenters. The van der Waals surface area contributed by atoms with Gasteiger partial charge in [-0.1, -0.05) is 53.7 Å². The van der Waals surface area contributed by atoms with E-state index in [0.717, 1.165) is 23.4 Å². The number of benzene rings is 1. The van der Waals surface area contributed by atoms with Gasteiger partial charge in [-0.3, -0.25) is 4.79 Å². The van der Waals surface area contributed by atoms with Gasteiger partial charge < -0.3 is 4.90 Å². The van der Waals surface area contributed by atoms with Gasteiger partial charge in [0.25, 0.3) is 0 Å². The second-order valence-electron chi connectivity index (χ2n) is 6.86. The molecule has 11 heteroatoms. The van der Waals surface area contributed by atoms with Crippen LogP contribution in [0.4, 0.5) is 13.2 Å². The summed E-state index contributed by atoms with van der Waals surface area (Å²) < 4.78 is 62.0. The monoisotopic (exact) mass is 478 g/mol. The van der Waals surface area contributed by atoms with Gasteiger partial charge in [0.2, 0.25) is 5.91 Å². The minimum absolute atomic E-state index is 0.0235. The molecule has 0 spiro atoms. The molecule has 0 aliphatic carbocycles. The second kappa shape index (κ2) is 9.15. The fraction of sp³-hybridized carbons (Fsp3) is 0.368. The smallest absolute Gasteiger partial charge is 0.334 e. The molecule has 1 saturated heterocycles. The third kappa shape index (κ3) is 5.89. The largest absolute Gasteiger partial charge is 0.417 e. The summed E-state index contributed by atoms with van der Waals surface area (Å²) in [6.07, 6.45) is -3.54. The molecule has 30 heavy (non-hydrogen) atoms. The molecule has 1 aliphatic heterocycles. The Hall–Kier alpha value is -1.78. The molecule has 1 amide bonds. The van der Waals surface area contributed by atoms with Crippen LogP contribution in [0.3, 0.4) is 0 Å². The highest BCUT2D eigenvalue weighted by molar-refractivity contribution is 8.00. The quantitative estimate of drug-likeness (QED) is 0.586. The number of alkyl halides is 3. The molecule has 0 bridgehead atoms. The number of rotatable bonds is 6. The topological polar surface area (TPSA) is 67.3 Å². The van der Waals surface area contributed by atoms with Gasteiger partial charge in [0, 0.05) is 18.8 Å². The van der Waals surface area contributed by atoms with E-state index < -0.39 is 27.6 Å². The fourth-order valence-corrected chi connectivity index (χ4v) is 5.93. The Balaban J connectivity index is 1.73. The van der Waals surface area contributed by atoms with Crippen molar-refractivity contribution in [2.45, 2.75) is 30.2 Å². The second-order valence-corrected chi connectivity index (χ2v) is 10.5. The predicted octanol–water partition coefficient (Wildman–Crippen LogP) is 4.06. The Kier molecular flexibility index (Phi) is 6.98. The van der Waals surface area contributed by atoms with E-state index in [1.807, 2.05) is 30.3 Å². The van der Waals surface area contributed by atoms with Crippen LogP contribution in [0.2, 0.25) is 5.02 Å². The molecule has 0 radical (unpaired) electrons. The Morgan fingerprint density at radius 3 is 2.53 bits per heavy atom. The Morgan fingerprint density at radius 2 is 1.97 bits per heavy atom. The van der Waals surface area contributed by atoms with Crippen LogP contribution in [0.5, 0.6) is 0 Å². The lowest BCUT2D eigenvalue weighted by Crippen LogP contribution is -2.41. The number of halogens is 4. The van der Waals surface area contributed by atoms with E-state index in [2.05, 4.69) is 4.98 Å². The zero-order valence-corrected chi connectivity index (χ0v) is 18.0. The van der Waals surface area contributed by atoms with E-state index in [1.165, 1.54) is 4.90 Å². The molecular weight excluding hydrogens is 461 g/mol. The zero-order valence-electron chi connectivity index (χ0n) is 15.6. The highest BCUT2D eigenvalue weighted by Gasteiger charge is 2.35. The fourth-order valence-electron chi connectivity index (χ4n) is 3.12. The third-order valence-corrected chi connectivity index (χ3v) is 7.77. The summed E-state index contributed by atoms with van der Waals surface area (Å²) in [5.41, 5.74) is -0.115. The summed E-state index contributed by atoms with van der Waals surface area (Å²) in [7, 11) is -3.20. The number of thioether (sulfide) groups is 1. The van der Waals surface area contributed by atoms with Gasteiger partial charge in [-0.05, 0) is 18.1 Å². The maximum absolute atomic E-state index is 12.9. The molecule has 2 heterocycles. The molecule has 1 fully saturated rings. The lowest BCUT2D eigenvalue weighted by Gasteiger charge is -2.28. The van der Waals surface area contributed by atoms with Crippen molar-refractivity contribution < 1.29 is 26.4 Å². The number of hydrogen-bond acceptors (Lipinski definition) is 5. The van der Waals surface area contributed by atoms with Crippen molar-refractivity contribution in [1.82, 2.24) is 9.88 Å². The van der Waals surface area contributed by atoms with Crippen LogP contribution in [-0.2, 0) is 27.4 Å². The van der Waals surface area contributed by atoms with Crippen molar-refractivity contribution in [2.24, 2.45) is 0 Å². The van der Waals surface area contributed by atoms with Gasteiger partial charge in [0.1, 0.15) is 5.03 Å². The van der Waals surface area contributed by atoms with Gasteiger partial charge in [-0.15, -0.1) is 0 Å². The van der Waals surface area contributed by atoms with Gasteiger partial charge in [0.05, 0.1) is 27.8 Å². The number of pyridine rings is 1. The minimum Gasteiger partial charge on any atom is -0.334 e. The summed E-state index contributed by atoms with van der Waals surface area (Å²) in [6, 6.07) is 9.49. The summed E-state index contributed by atoms with van der Waals surface area (Å²) in [5, 5.41) is -0.0857. The highest BCUT2D eigenvalue weighted by Crippen LogP contribution is 2.34. The predicted molar refractivity (Wildman–Crippen MR) is 109 cm³/mol. The number of carbonyl (C=O) groups is 1. The van der Waals surface area contributed by atoms with Crippen LogP contribution in [0, 0.1) is 0 Å². The minimum atomic E-state index is -4.56. The molecule has 3 rings (SSSR count). The van der Waals surface area contributed by atoms with Crippen LogP contribution in [0.15, 0.2) is 47.6 Å². The van der Waals surface area contributed by atoms with Crippen molar-refractivity contribution >= 4 is 39.1 Å². The molecular formula is C19H18ClF3N2O3S2. The van der Waals surface area contributed by atoms with Crippen LogP contribution in [0.1, 0.15) is 17.5 Å². The van der Waals surface area contributed by atoms with E-state index in [4.69, 9.17) is 11.6 Å². The van der Waals surface area contributed by atoms with Crippen molar-refractivity contribution in [3.63, 3.8) is 0 Å². The standard InChI is InChI=1S/C19H18ClF3N2O3S2/c20-16-8-14(19(21,22)23)9-24-18(16)29-11-17(26)25(10-13-4-2-1-3-5-13)15-6-7-30(27,28)12-15/h1-5,8-9,15H,6-7,10-12H2/t15-/m0/s1. The van der Waals surface area contributed by atoms with E-state index in [-0.39, 0.29) is 39.8 Å². The van der Waals surface area contributed by atoms with Gasteiger partial charge in [-0.25, -0.2) is 13.4 Å². The maximum atomic E-state index is 12.9. The van der Waals surface area contributed by atoms with E-state index in [0.29, 0.717) is 12.6 Å². The molecule has 0 N–H and O–H groups in total. The number of hydrogen-bond donors (Lipinski definition) is 0. The SMILES string of the molecule is O=C(CSc1ncc(C(F)(F)F)cc1Cl)N(Cc1ccccc1)[C@H]1CCS(=O)(=O)C1. The highest BCUT2D eigenvalue weighted by atomic mass is 35.5. The Bertz CT molecular complexity index is 1020. The first kappa shape index (κ1) is 22.9. The van der Waals surface area contributed by atoms with Crippen LogP contribution in [0.25, 0.3) is 0 Å². The molecule has 2 aromatic rings. The van der Waals surface area contributed by atoms with E-state index >= 15 is 0 Å². The Morgan fingerprint density at radius 1 is 1.27 bits per heavy atom. The summed E-state index contributed by atoms with van der Waals surface area (Å²) >= 11 is 6.83. The maximum Gasteiger partial charge on any atom is 0.417 e. The molecule has 5 nitrogen and oxygen atoms in total. The first-order chi connectivity index (χ1) is 14.0. The molecule has 1 aliphatic rings. The number of nitrogens with zero attached hydrogens (tertiary/aromatic N) is 2. The summed E-state index contributed by atoms with van der Waals surface area (Å²) in [6.45, 7) is 0.245. The van der Waals surface area contributed by atoms with Crippen LogP contribution >= 0.6 is 23.4 Å². The lowest BCUT2D eigenvalue weighted by molar-refractivity contribution is -0.138. The number of aromatic nitrogens is 1.